The van der Waals surface area contributed by atoms with Crippen molar-refractivity contribution in [3.8, 4) is 11.5 Å². The lowest BCUT2D eigenvalue weighted by Gasteiger charge is -2.08. The first kappa shape index (κ1) is 18.5. The Kier molecular flexibility index (Phi) is 5.07. The molecular formula is C22H13Cl2FO3. The maximum atomic E-state index is 13.1. The van der Waals surface area contributed by atoms with E-state index in [9.17, 15) is 9.18 Å². The lowest BCUT2D eigenvalue weighted by Crippen LogP contribution is -1.98. The summed E-state index contributed by atoms with van der Waals surface area (Å²) in [5.41, 5.74) is 1.80. The minimum absolute atomic E-state index is 0.161. The van der Waals surface area contributed by atoms with Crippen molar-refractivity contribution in [2.24, 2.45) is 0 Å². The molecule has 0 saturated carbocycles. The number of ether oxygens (including phenoxy) is 2. The molecule has 0 fully saturated rings. The predicted octanol–water partition coefficient (Wildman–Crippen LogP) is 6.33. The van der Waals surface area contributed by atoms with Crippen LogP contribution in [-0.4, -0.2) is 5.78 Å². The largest absolute Gasteiger partial charge is 0.489 e. The van der Waals surface area contributed by atoms with Crippen molar-refractivity contribution in [3.05, 3.63) is 99.0 Å². The third-order valence-electron chi connectivity index (χ3n) is 4.24. The number of halogens is 3. The van der Waals surface area contributed by atoms with Crippen molar-refractivity contribution in [2.75, 3.05) is 0 Å². The Morgan fingerprint density at radius 1 is 1.00 bits per heavy atom. The summed E-state index contributed by atoms with van der Waals surface area (Å²) in [5.74, 6) is 0.484. The van der Waals surface area contributed by atoms with E-state index >= 15 is 0 Å². The van der Waals surface area contributed by atoms with Crippen molar-refractivity contribution < 1.29 is 18.7 Å². The zero-order valence-corrected chi connectivity index (χ0v) is 15.9. The van der Waals surface area contributed by atoms with Gasteiger partial charge in [-0.05, 0) is 42.0 Å². The van der Waals surface area contributed by atoms with E-state index in [1.54, 1.807) is 42.5 Å². The number of hydrogen-bond acceptors (Lipinski definition) is 3. The van der Waals surface area contributed by atoms with Gasteiger partial charge in [0.1, 0.15) is 23.9 Å². The van der Waals surface area contributed by atoms with E-state index in [2.05, 4.69) is 0 Å². The van der Waals surface area contributed by atoms with Crippen LogP contribution in [0.4, 0.5) is 4.39 Å². The van der Waals surface area contributed by atoms with Crippen LogP contribution in [0, 0.1) is 5.82 Å². The average Bonchev–Trinajstić information content (AvgIpc) is 2.98. The number of benzene rings is 3. The molecule has 28 heavy (non-hydrogen) atoms. The fourth-order valence-corrected chi connectivity index (χ4v) is 3.20. The lowest BCUT2D eigenvalue weighted by atomic mass is 10.1. The Bertz CT molecular complexity index is 1110. The van der Waals surface area contributed by atoms with Gasteiger partial charge >= 0.3 is 0 Å². The molecule has 0 amide bonds. The molecule has 0 saturated heterocycles. The Labute approximate surface area is 170 Å². The number of Topliss-reactive ketones (excluding diaryl/α,β-unsaturated/α-hetero) is 1. The maximum Gasteiger partial charge on any atom is 0.231 e. The van der Waals surface area contributed by atoms with Gasteiger partial charge in [-0.2, -0.15) is 0 Å². The zero-order valence-electron chi connectivity index (χ0n) is 14.4. The van der Waals surface area contributed by atoms with Crippen LogP contribution < -0.4 is 9.47 Å². The monoisotopic (exact) mass is 414 g/mol. The molecule has 0 bridgehead atoms. The normalized spacial score (nSPS) is 14.1. The number of carbonyl (C=O) groups excluding carboxylic acids is 1. The highest BCUT2D eigenvalue weighted by atomic mass is 35.5. The number of ketones is 1. The van der Waals surface area contributed by atoms with Gasteiger partial charge in [-0.3, -0.25) is 4.79 Å². The van der Waals surface area contributed by atoms with E-state index in [4.69, 9.17) is 32.7 Å². The molecule has 0 N–H and O–H groups in total. The molecule has 0 radical (unpaired) electrons. The molecule has 0 unspecified atom stereocenters. The number of allylic oxidation sites excluding steroid dienone is 1. The molecule has 1 aliphatic heterocycles. The van der Waals surface area contributed by atoms with Crippen LogP contribution in [0.2, 0.25) is 10.0 Å². The van der Waals surface area contributed by atoms with Crippen LogP contribution in [0.1, 0.15) is 21.5 Å². The van der Waals surface area contributed by atoms with Crippen LogP contribution in [0.25, 0.3) is 6.08 Å². The highest BCUT2D eigenvalue weighted by molar-refractivity contribution is 6.32. The van der Waals surface area contributed by atoms with E-state index in [0.717, 1.165) is 0 Å². The Morgan fingerprint density at radius 3 is 2.61 bits per heavy atom. The molecule has 3 aromatic rings. The van der Waals surface area contributed by atoms with Crippen LogP contribution in [-0.2, 0) is 6.61 Å². The van der Waals surface area contributed by atoms with Gasteiger partial charge in [0.25, 0.3) is 0 Å². The first-order chi connectivity index (χ1) is 13.5. The summed E-state index contributed by atoms with van der Waals surface area (Å²) in [6.45, 7) is 0.161. The minimum Gasteiger partial charge on any atom is -0.489 e. The molecule has 4 rings (SSSR count). The number of carbonyl (C=O) groups is 1. The van der Waals surface area contributed by atoms with Gasteiger partial charge in [-0.1, -0.05) is 47.5 Å². The van der Waals surface area contributed by atoms with Crippen molar-refractivity contribution >= 4 is 35.1 Å². The summed E-state index contributed by atoms with van der Waals surface area (Å²) in [4.78, 5) is 12.5. The van der Waals surface area contributed by atoms with Crippen molar-refractivity contribution in [1.29, 1.82) is 0 Å². The summed E-state index contributed by atoms with van der Waals surface area (Å²) in [5, 5.41) is 0.820. The first-order valence-electron chi connectivity index (χ1n) is 8.41. The van der Waals surface area contributed by atoms with Gasteiger partial charge in [0.05, 0.1) is 10.6 Å². The third-order valence-corrected chi connectivity index (χ3v) is 4.94. The van der Waals surface area contributed by atoms with Crippen LogP contribution >= 0.6 is 23.2 Å². The zero-order chi connectivity index (χ0) is 19.7. The number of rotatable bonds is 4. The van der Waals surface area contributed by atoms with E-state index < -0.39 is 5.82 Å². The summed E-state index contributed by atoms with van der Waals surface area (Å²) in [7, 11) is 0. The van der Waals surface area contributed by atoms with Crippen LogP contribution in [0.15, 0.2) is 66.4 Å². The topological polar surface area (TPSA) is 35.5 Å². The summed E-state index contributed by atoms with van der Waals surface area (Å²) >= 11 is 12.2. The smallest absolute Gasteiger partial charge is 0.231 e. The summed E-state index contributed by atoms with van der Waals surface area (Å²) < 4.78 is 24.5. The van der Waals surface area contributed by atoms with Gasteiger partial charge in [-0.15, -0.1) is 0 Å². The fourth-order valence-electron chi connectivity index (χ4n) is 2.79. The van der Waals surface area contributed by atoms with Gasteiger partial charge in [-0.25, -0.2) is 4.39 Å². The molecule has 140 valence electrons. The second kappa shape index (κ2) is 7.66. The van der Waals surface area contributed by atoms with Gasteiger partial charge < -0.3 is 9.47 Å². The summed E-state index contributed by atoms with van der Waals surface area (Å²) in [6, 6.07) is 16.3. The highest BCUT2D eigenvalue weighted by Crippen LogP contribution is 2.35. The average molecular weight is 415 g/mol. The summed E-state index contributed by atoms with van der Waals surface area (Å²) in [6.07, 6.45) is 1.61. The standard InChI is InChI=1S/C22H13Cl2FO3/c23-18-4-2-1-3-13(18)9-21-22(26)17-8-7-16(11-20(17)28-21)27-12-14-5-6-15(25)10-19(14)24/h1-11H,12H2/b21-9-. The second-order valence-corrected chi connectivity index (χ2v) is 6.96. The van der Waals surface area contributed by atoms with Gasteiger partial charge in [0.2, 0.25) is 5.78 Å². The predicted molar refractivity (Wildman–Crippen MR) is 107 cm³/mol. The molecule has 1 heterocycles. The molecular weight excluding hydrogens is 402 g/mol. The number of hydrogen-bond donors (Lipinski definition) is 0. The molecule has 0 aromatic heterocycles. The number of fused-ring (bicyclic) bond motifs is 1. The van der Waals surface area contributed by atoms with Gasteiger partial charge in [0, 0.05) is 16.7 Å². The molecule has 0 atom stereocenters. The third kappa shape index (κ3) is 3.75. The van der Waals surface area contributed by atoms with Crippen LogP contribution in [0.5, 0.6) is 11.5 Å². The van der Waals surface area contributed by atoms with Crippen molar-refractivity contribution in [2.45, 2.75) is 6.61 Å². The fraction of sp³-hybridized carbons (Fsp3) is 0.0455. The van der Waals surface area contributed by atoms with Gasteiger partial charge in [0.15, 0.2) is 5.76 Å². The molecule has 0 spiro atoms. The van der Waals surface area contributed by atoms with Crippen molar-refractivity contribution in [1.82, 2.24) is 0 Å². The maximum absolute atomic E-state index is 13.1. The van der Waals surface area contributed by atoms with E-state index in [-0.39, 0.29) is 23.2 Å². The van der Waals surface area contributed by atoms with E-state index in [1.165, 1.54) is 12.1 Å². The quantitative estimate of drug-likeness (QED) is 0.468. The first-order valence-corrected chi connectivity index (χ1v) is 9.16. The lowest BCUT2D eigenvalue weighted by molar-refractivity contribution is 0.101. The SMILES string of the molecule is O=C1/C(=C/c2ccccc2Cl)Oc2cc(OCc3ccc(F)cc3Cl)ccc21. The van der Waals surface area contributed by atoms with E-state index in [1.807, 2.05) is 12.1 Å². The molecule has 0 aliphatic carbocycles. The van der Waals surface area contributed by atoms with Crippen LogP contribution in [0.3, 0.4) is 0 Å². The second-order valence-electron chi connectivity index (χ2n) is 6.14. The Balaban J connectivity index is 1.53. The molecule has 1 aliphatic rings. The Morgan fingerprint density at radius 2 is 1.82 bits per heavy atom. The highest BCUT2D eigenvalue weighted by Gasteiger charge is 2.28. The molecule has 6 heteroatoms. The minimum atomic E-state index is -0.406. The van der Waals surface area contributed by atoms with E-state index in [0.29, 0.717) is 33.2 Å². The Hall–Kier alpha value is -2.82. The molecule has 3 aromatic carbocycles. The van der Waals surface area contributed by atoms with Crippen molar-refractivity contribution in [3.63, 3.8) is 0 Å². The molecule has 3 nitrogen and oxygen atoms in total.